The fourth-order valence-corrected chi connectivity index (χ4v) is 2.50. The summed E-state index contributed by atoms with van der Waals surface area (Å²) in [6.07, 6.45) is 0. The zero-order valence-corrected chi connectivity index (χ0v) is 13.5. The highest BCUT2D eigenvalue weighted by Crippen LogP contribution is 2.23. The standard InChI is InChI=1S/C17H22FN5/c1-12(2)15-11-16(20-14-5-3-13(18)4-6-14)22-17(21-15)23-9-7-19-8-10-23/h3-6,11-12,19H,7-10H2,1-2H3,(H,20,21,22). The van der Waals surface area contributed by atoms with Crippen LogP contribution in [0.4, 0.5) is 21.8 Å². The predicted octanol–water partition coefficient (Wildman–Crippen LogP) is 2.89. The van der Waals surface area contributed by atoms with Crippen molar-refractivity contribution in [2.75, 3.05) is 36.4 Å². The third-order valence-electron chi connectivity index (χ3n) is 3.84. The van der Waals surface area contributed by atoms with Gasteiger partial charge in [-0.3, -0.25) is 0 Å². The number of piperazine rings is 1. The number of nitrogens with one attached hydrogen (secondary N) is 2. The molecule has 1 aliphatic rings. The first-order valence-corrected chi connectivity index (χ1v) is 7.99. The molecule has 0 amide bonds. The van der Waals surface area contributed by atoms with Crippen molar-refractivity contribution in [3.63, 3.8) is 0 Å². The summed E-state index contributed by atoms with van der Waals surface area (Å²) in [6.45, 7) is 7.91. The molecule has 0 unspecified atom stereocenters. The van der Waals surface area contributed by atoms with Crippen molar-refractivity contribution < 1.29 is 4.39 Å². The number of halogens is 1. The van der Waals surface area contributed by atoms with E-state index >= 15 is 0 Å². The van der Waals surface area contributed by atoms with Crippen molar-refractivity contribution in [1.29, 1.82) is 0 Å². The molecular weight excluding hydrogens is 293 g/mol. The summed E-state index contributed by atoms with van der Waals surface area (Å²) in [4.78, 5) is 11.5. The summed E-state index contributed by atoms with van der Waals surface area (Å²) in [5.41, 5.74) is 1.81. The van der Waals surface area contributed by atoms with Crippen molar-refractivity contribution >= 4 is 17.5 Å². The molecule has 1 aromatic carbocycles. The number of aromatic nitrogens is 2. The normalized spacial score (nSPS) is 15.0. The van der Waals surface area contributed by atoms with E-state index in [-0.39, 0.29) is 5.82 Å². The van der Waals surface area contributed by atoms with Gasteiger partial charge in [-0.05, 0) is 30.2 Å². The van der Waals surface area contributed by atoms with Crippen LogP contribution in [0.2, 0.25) is 0 Å². The summed E-state index contributed by atoms with van der Waals surface area (Å²) < 4.78 is 13.0. The lowest BCUT2D eigenvalue weighted by Crippen LogP contribution is -2.44. The first-order valence-electron chi connectivity index (χ1n) is 7.99. The fraction of sp³-hybridized carbons (Fsp3) is 0.412. The maximum atomic E-state index is 13.0. The van der Waals surface area contributed by atoms with Crippen molar-refractivity contribution in [1.82, 2.24) is 15.3 Å². The fourth-order valence-electron chi connectivity index (χ4n) is 2.50. The number of hydrogen-bond acceptors (Lipinski definition) is 5. The number of nitrogens with zero attached hydrogens (tertiary/aromatic N) is 3. The highest BCUT2D eigenvalue weighted by molar-refractivity contribution is 5.58. The minimum Gasteiger partial charge on any atom is -0.340 e. The molecule has 0 aliphatic carbocycles. The molecule has 2 N–H and O–H groups in total. The zero-order chi connectivity index (χ0) is 16.2. The number of benzene rings is 1. The SMILES string of the molecule is CC(C)c1cc(Nc2ccc(F)cc2)nc(N2CCNCC2)n1. The number of anilines is 3. The Labute approximate surface area is 136 Å². The van der Waals surface area contributed by atoms with Crippen molar-refractivity contribution in [3.8, 4) is 0 Å². The highest BCUT2D eigenvalue weighted by Gasteiger charge is 2.16. The van der Waals surface area contributed by atoms with Gasteiger partial charge in [-0.2, -0.15) is 4.98 Å². The van der Waals surface area contributed by atoms with E-state index < -0.39 is 0 Å². The van der Waals surface area contributed by atoms with Crippen LogP contribution in [0.3, 0.4) is 0 Å². The van der Waals surface area contributed by atoms with Gasteiger partial charge in [0.15, 0.2) is 0 Å². The largest absolute Gasteiger partial charge is 0.340 e. The molecule has 0 radical (unpaired) electrons. The minimum absolute atomic E-state index is 0.248. The average Bonchev–Trinajstić information content (AvgIpc) is 2.57. The molecule has 0 saturated carbocycles. The molecule has 1 aliphatic heterocycles. The van der Waals surface area contributed by atoms with Crippen molar-refractivity contribution in [2.45, 2.75) is 19.8 Å². The van der Waals surface area contributed by atoms with Gasteiger partial charge in [-0.1, -0.05) is 13.8 Å². The third-order valence-corrected chi connectivity index (χ3v) is 3.84. The molecule has 5 nitrogen and oxygen atoms in total. The van der Waals surface area contributed by atoms with E-state index in [0.717, 1.165) is 49.3 Å². The van der Waals surface area contributed by atoms with Crippen LogP contribution < -0.4 is 15.5 Å². The summed E-state index contributed by atoms with van der Waals surface area (Å²) in [5, 5.41) is 6.58. The van der Waals surface area contributed by atoms with E-state index in [9.17, 15) is 4.39 Å². The molecule has 1 fully saturated rings. The van der Waals surface area contributed by atoms with E-state index in [4.69, 9.17) is 4.98 Å². The van der Waals surface area contributed by atoms with Crippen molar-refractivity contribution in [3.05, 3.63) is 41.8 Å². The second-order valence-corrected chi connectivity index (χ2v) is 6.00. The van der Waals surface area contributed by atoms with Crippen LogP contribution >= 0.6 is 0 Å². The van der Waals surface area contributed by atoms with Gasteiger partial charge >= 0.3 is 0 Å². The third kappa shape index (κ3) is 3.96. The Hall–Kier alpha value is -2.21. The summed E-state index contributed by atoms with van der Waals surface area (Å²) in [5.74, 6) is 1.56. The maximum absolute atomic E-state index is 13.0. The Morgan fingerprint density at radius 2 is 1.83 bits per heavy atom. The van der Waals surface area contributed by atoms with Crippen LogP contribution in [0.15, 0.2) is 30.3 Å². The maximum Gasteiger partial charge on any atom is 0.227 e. The van der Waals surface area contributed by atoms with E-state index in [2.05, 4.69) is 34.4 Å². The van der Waals surface area contributed by atoms with Gasteiger partial charge in [0, 0.05) is 37.9 Å². The lowest BCUT2D eigenvalue weighted by atomic mass is 10.1. The lowest BCUT2D eigenvalue weighted by molar-refractivity contribution is 0.578. The molecule has 122 valence electrons. The Balaban J connectivity index is 1.88. The summed E-state index contributed by atoms with van der Waals surface area (Å²) >= 11 is 0. The molecule has 0 atom stereocenters. The van der Waals surface area contributed by atoms with Crippen LogP contribution in [-0.2, 0) is 0 Å². The molecule has 0 bridgehead atoms. The van der Waals surface area contributed by atoms with Gasteiger partial charge in [0.1, 0.15) is 11.6 Å². The topological polar surface area (TPSA) is 53.1 Å². The molecule has 23 heavy (non-hydrogen) atoms. The van der Waals surface area contributed by atoms with E-state index in [0.29, 0.717) is 5.92 Å². The Morgan fingerprint density at radius 1 is 1.13 bits per heavy atom. The zero-order valence-electron chi connectivity index (χ0n) is 13.5. The molecule has 0 spiro atoms. The van der Waals surface area contributed by atoms with Crippen LogP contribution in [0.5, 0.6) is 0 Å². The van der Waals surface area contributed by atoms with Gasteiger partial charge in [0.05, 0.1) is 5.69 Å². The second-order valence-electron chi connectivity index (χ2n) is 6.00. The molecule has 6 heteroatoms. The summed E-state index contributed by atoms with van der Waals surface area (Å²) in [7, 11) is 0. The van der Waals surface area contributed by atoms with Crippen LogP contribution in [0.25, 0.3) is 0 Å². The summed E-state index contributed by atoms with van der Waals surface area (Å²) in [6, 6.07) is 8.24. The number of rotatable bonds is 4. The quantitative estimate of drug-likeness (QED) is 0.908. The molecule has 1 aromatic heterocycles. The molecular formula is C17H22FN5. The molecule has 3 rings (SSSR count). The van der Waals surface area contributed by atoms with Crippen LogP contribution in [0.1, 0.15) is 25.5 Å². The average molecular weight is 315 g/mol. The monoisotopic (exact) mass is 315 g/mol. The Morgan fingerprint density at radius 3 is 2.48 bits per heavy atom. The first kappa shape index (κ1) is 15.7. The van der Waals surface area contributed by atoms with Gasteiger partial charge in [0.2, 0.25) is 5.95 Å². The van der Waals surface area contributed by atoms with Crippen LogP contribution in [-0.4, -0.2) is 36.1 Å². The second kappa shape index (κ2) is 6.91. The van der Waals surface area contributed by atoms with Gasteiger partial charge < -0.3 is 15.5 Å². The lowest BCUT2D eigenvalue weighted by Gasteiger charge is -2.28. The highest BCUT2D eigenvalue weighted by atomic mass is 19.1. The van der Waals surface area contributed by atoms with E-state index in [1.54, 1.807) is 12.1 Å². The minimum atomic E-state index is -0.248. The van der Waals surface area contributed by atoms with Gasteiger partial charge in [-0.15, -0.1) is 0 Å². The Kier molecular flexibility index (Phi) is 4.71. The van der Waals surface area contributed by atoms with Crippen molar-refractivity contribution in [2.24, 2.45) is 0 Å². The van der Waals surface area contributed by atoms with Gasteiger partial charge in [-0.25, -0.2) is 9.37 Å². The first-order chi connectivity index (χ1) is 11.1. The molecule has 2 aromatic rings. The molecule has 2 heterocycles. The number of hydrogen-bond donors (Lipinski definition) is 2. The van der Waals surface area contributed by atoms with E-state index in [1.165, 1.54) is 12.1 Å². The van der Waals surface area contributed by atoms with Crippen LogP contribution in [0, 0.1) is 5.82 Å². The van der Waals surface area contributed by atoms with E-state index in [1.807, 2.05) is 6.07 Å². The Bertz CT molecular complexity index is 651. The smallest absolute Gasteiger partial charge is 0.227 e. The van der Waals surface area contributed by atoms with Gasteiger partial charge in [0.25, 0.3) is 0 Å². The predicted molar refractivity (Wildman–Crippen MR) is 90.9 cm³/mol. The molecule has 1 saturated heterocycles.